The van der Waals surface area contributed by atoms with Crippen LogP contribution in [0.1, 0.15) is 65.2 Å². The second-order valence-electron chi connectivity index (χ2n) is 6.31. The zero-order valence-corrected chi connectivity index (χ0v) is 12.9. The molecule has 1 aliphatic carbocycles. The normalized spacial score (nSPS) is 26.8. The fourth-order valence-electron chi connectivity index (χ4n) is 3.08. The summed E-state index contributed by atoms with van der Waals surface area (Å²) in [5, 5.41) is 2.82. The second-order valence-corrected chi connectivity index (χ2v) is 6.31. The van der Waals surface area contributed by atoms with E-state index in [1.807, 2.05) is 4.90 Å². The fourth-order valence-corrected chi connectivity index (χ4v) is 3.08. The van der Waals surface area contributed by atoms with Crippen molar-refractivity contribution in [2.75, 3.05) is 6.54 Å². The standard InChI is InChI=1S/C16H28N2O2/c1-3-4-5-6-7-8-11-18-14(13-9-10-13)15(19)17-12(2)16(18)20/h12-14H,3-11H2,1-2H3,(H,17,19). The van der Waals surface area contributed by atoms with E-state index in [2.05, 4.69) is 12.2 Å². The summed E-state index contributed by atoms with van der Waals surface area (Å²) in [4.78, 5) is 26.3. The lowest BCUT2D eigenvalue weighted by Gasteiger charge is -2.38. The Hall–Kier alpha value is -1.06. The largest absolute Gasteiger partial charge is 0.343 e. The monoisotopic (exact) mass is 280 g/mol. The molecule has 0 aromatic heterocycles. The predicted octanol–water partition coefficient (Wildman–Crippen LogP) is 2.47. The molecule has 2 atom stereocenters. The van der Waals surface area contributed by atoms with Gasteiger partial charge in [0.05, 0.1) is 0 Å². The van der Waals surface area contributed by atoms with Gasteiger partial charge in [0.15, 0.2) is 0 Å². The number of carbonyl (C=O) groups excluding carboxylic acids is 2. The van der Waals surface area contributed by atoms with Gasteiger partial charge in [-0.25, -0.2) is 0 Å². The van der Waals surface area contributed by atoms with Crippen LogP contribution in [-0.4, -0.2) is 35.3 Å². The smallest absolute Gasteiger partial charge is 0.245 e. The molecule has 1 N–H and O–H groups in total. The van der Waals surface area contributed by atoms with Crippen molar-refractivity contribution in [3.8, 4) is 0 Å². The van der Waals surface area contributed by atoms with Crippen LogP contribution in [0.4, 0.5) is 0 Å². The van der Waals surface area contributed by atoms with Gasteiger partial charge < -0.3 is 10.2 Å². The third-order valence-electron chi connectivity index (χ3n) is 4.44. The van der Waals surface area contributed by atoms with Crippen LogP contribution in [0.15, 0.2) is 0 Å². The molecule has 0 radical (unpaired) electrons. The SMILES string of the molecule is CCCCCCCCN1C(=O)C(C)NC(=O)C1C1CC1. The lowest BCUT2D eigenvalue weighted by Crippen LogP contribution is -2.63. The second kappa shape index (κ2) is 7.09. The number of rotatable bonds is 8. The number of carbonyl (C=O) groups is 2. The molecule has 4 nitrogen and oxygen atoms in total. The highest BCUT2D eigenvalue weighted by Crippen LogP contribution is 2.37. The molecule has 0 aromatic rings. The maximum atomic E-state index is 12.3. The van der Waals surface area contributed by atoms with Crippen molar-refractivity contribution < 1.29 is 9.59 Å². The molecule has 2 rings (SSSR count). The van der Waals surface area contributed by atoms with Crippen LogP contribution in [0.2, 0.25) is 0 Å². The first-order chi connectivity index (χ1) is 9.65. The maximum absolute atomic E-state index is 12.3. The average molecular weight is 280 g/mol. The number of nitrogens with one attached hydrogen (secondary N) is 1. The molecule has 4 heteroatoms. The predicted molar refractivity (Wildman–Crippen MR) is 79.2 cm³/mol. The van der Waals surface area contributed by atoms with Gasteiger partial charge in [0, 0.05) is 6.54 Å². The van der Waals surface area contributed by atoms with Gasteiger partial charge in [0.1, 0.15) is 12.1 Å². The summed E-state index contributed by atoms with van der Waals surface area (Å²) < 4.78 is 0. The molecule has 1 aliphatic heterocycles. The van der Waals surface area contributed by atoms with Crippen molar-refractivity contribution in [3.63, 3.8) is 0 Å². The Morgan fingerprint density at radius 3 is 2.40 bits per heavy atom. The molecule has 0 bridgehead atoms. The van der Waals surface area contributed by atoms with Gasteiger partial charge in [-0.1, -0.05) is 39.0 Å². The van der Waals surface area contributed by atoms with E-state index in [0.29, 0.717) is 5.92 Å². The average Bonchev–Trinajstić information content (AvgIpc) is 3.23. The van der Waals surface area contributed by atoms with Gasteiger partial charge in [-0.05, 0) is 32.1 Å². The third-order valence-corrected chi connectivity index (χ3v) is 4.44. The highest BCUT2D eigenvalue weighted by molar-refractivity contribution is 5.97. The number of hydrogen-bond acceptors (Lipinski definition) is 2. The van der Waals surface area contributed by atoms with Crippen LogP contribution >= 0.6 is 0 Å². The van der Waals surface area contributed by atoms with Crippen molar-refractivity contribution in [2.45, 2.75) is 77.3 Å². The number of piperazine rings is 1. The van der Waals surface area contributed by atoms with E-state index >= 15 is 0 Å². The van der Waals surface area contributed by atoms with Crippen LogP contribution in [0.25, 0.3) is 0 Å². The van der Waals surface area contributed by atoms with Gasteiger partial charge in [0.2, 0.25) is 11.8 Å². The van der Waals surface area contributed by atoms with Crippen LogP contribution in [0, 0.1) is 5.92 Å². The molecule has 1 saturated heterocycles. The number of hydrogen-bond donors (Lipinski definition) is 1. The van der Waals surface area contributed by atoms with Crippen LogP contribution in [-0.2, 0) is 9.59 Å². The van der Waals surface area contributed by atoms with Crippen LogP contribution in [0.3, 0.4) is 0 Å². The zero-order valence-electron chi connectivity index (χ0n) is 12.9. The summed E-state index contributed by atoms with van der Waals surface area (Å²) >= 11 is 0. The molecule has 2 fully saturated rings. The van der Waals surface area contributed by atoms with E-state index in [4.69, 9.17) is 0 Å². The van der Waals surface area contributed by atoms with Crippen molar-refractivity contribution in [1.29, 1.82) is 0 Å². The molecule has 2 unspecified atom stereocenters. The van der Waals surface area contributed by atoms with Crippen molar-refractivity contribution in [2.24, 2.45) is 5.92 Å². The van der Waals surface area contributed by atoms with E-state index in [-0.39, 0.29) is 23.9 Å². The van der Waals surface area contributed by atoms with Gasteiger partial charge in [-0.15, -0.1) is 0 Å². The lowest BCUT2D eigenvalue weighted by atomic mass is 10.0. The van der Waals surface area contributed by atoms with Gasteiger partial charge in [-0.3, -0.25) is 9.59 Å². The highest BCUT2D eigenvalue weighted by atomic mass is 16.2. The lowest BCUT2D eigenvalue weighted by molar-refractivity contribution is -0.149. The molecule has 1 heterocycles. The minimum atomic E-state index is -0.349. The Kier molecular flexibility index (Phi) is 5.44. The maximum Gasteiger partial charge on any atom is 0.245 e. The van der Waals surface area contributed by atoms with E-state index in [1.165, 1.54) is 25.7 Å². The first-order valence-electron chi connectivity index (χ1n) is 8.26. The van der Waals surface area contributed by atoms with Gasteiger partial charge in [-0.2, -0.15) is 0 Å². The molecule has 2 aliphatic rings. The Labute approximate surface area is 122 Å². The van der Waals surface area contributed by atoms with Crippen LogP contribution in [0.5, 0.6) is 0 Å². The molecule has 0 spiro atoms. The summed E-state index contributed by atoms with van der Waals surface area (Å²) in [7, 11) is 0. The van der Waals surface area contributed by atoms with Crippen LogP contribution < -0.4 is 5.32 Å². The first kappa shape index (κ1) is 15.3. The van der Waals surface area contributed by atoms with Gasteiger partial charge in [0.25, 0.3) is 0 Å². The van der Waals surface area contributed by atoms with Gasteiger partial charge >= 0.3 is 0 Å². The summed E-state index contributed by atoms with van der Waals surface area (Å²) in [6.45, 7) is 4.76. The van der Waals surface area contributed by atoms with Crippen molar-refractivity contribution in [3.05, 3.63) is 0 Å². The Morgan fingerprint density at radius 2 is 1.75 bits per heavy atom. The minimum absolute atomic E-state index is 0.0607. The number of amides is 2. The minimum Gasteiger partial charge on any atom is -0.343 e. The summed E-state index contributed by atoms with van der Waals surface area (Å²) in [5.41, 5.74) is 0. The zero-order chi connectivity index (χ0) is 14.5. The highest BCUT2D eigenvalue weighted by Gasteiger charge is 2.46. The third kappa shape index (κ3) is 3.74. The Balaban J connectivity index is 1.82. The first-order valence-corrected chi connectivity index (χ1v) is 8.26. The van der Waals surface area contributed by atoms with E-state index in [9.17, 15) is 9.59 Å². The molecular weight excluding hydrogens is 252 g/mol. The fraction of sp³-hybridized carbons (Fsp3) is 0.875. The Morgan fingerprint density at radius 1 is 1.10 bits per heavy atom. The molecular formula is C16H28N2O2. The molecule has 2 amide bonds. The summed E-state index contributed by atoms with van der Waals surface area (Å²) in [5.74, 6) is 0.576. The van der Waals surface area contributed by atoms with E-state index in [0.717, 1.165) is 32.2 Å². The van der Waals surface area contributed by atoms with E-state index < -0.39 is 0 Å². The Bertz CT molecular complexity index is 352. The summed E-state index contributed by atoms with van der Waals surface area (Å²) in [6, 6.07) is -0.535. The number of nitrogens with zero attached hydrogens (tertiary/aromatic N) is 1. The van der Waals surface area contributed by atoms with Crippen molar-refractivity contribution >= 4 is 11.8 Å². The molecule has 114 valence electrons. The molecule has 20 heavy (non-hydrogen) atoms. The van der Waals surface area contributed by atoms with Crippen molar-refractivity contribution in [1.82, 2.24) is 10.2 Å². The summed E-state index contributed by atoms with van der Waals surface area (Å²) in [6.07, 6.45) is 9.45. The quantitative estimate of drug-likeness (QED) is 0.694. The topological polar surface area (TPSA) is 49.4 Å². The number of unbranched alkanes of at least 4 members (excludes halogenated alkanes) is 5. The van der Waals surface area contributed by atoms with E-state index in [1.54, 1.807) is 6.92 Å². The molecule has 0 aromatic carbocycles. The molecule has 1 saturated carbocycles.